The highest BCUT2D eigenvalue weighted by Crippen LogP contribution is 2.33. The average molecular weight is 356 g/mol. The van der Waals surface area contributed by atoms with Crippen molar-refractivity contribution in [2.24, 2.45) is 0 Å². The summed E-state index contributed by atoms with van der Waals surface area (Å²) in [6, 6.07) is 20.5. The number of aromatic nitrogens is 4. The van der Waals surface area contributed by atoms with Crippen molar-refractivity contribution < 1.29 is 9.15 Å². The number of fused-ring (bicyclic) bond motifs is 2. The summed E-state index contributed by atoms with van der Waals surface area (Å²) in [5.74, 6) is 2.20. The lowest BCUT2D eigenvalue weighted by Gasteiger charge is -2.11. The molecule has 27 heavy (non-hydrogen) atoms. The lowest BCUT2D eigenvalue weighted by molar-refractivity contribution is 0.294. The Balaban J connectivity index is 1.49. The van der Waals surface area contributed by atoms with Crippen LogP contribution in [0.2, 0.25) is 0 Å². The first-order valence-electron chi connectivity index (χ1n) is 8.65. The third-order valence-corrected chi connectivity index (χ3v) is 4.70. The maximum atomic E-state index is 5.99. The van der Waals surface area contributed by atoms with E-state index in [0.717, 1.165) is 44.4 Å². The van der Waals surface area contributed by atoms with Gasteiger partial charge in [0.15, 0.2) is 6.61 Å². The molecule has 3 aromatic carbocycles. The number of rotatable bonds is 4. The van der Waals surface area contributed by atoms with Crippen molar-refractivity contribution in [2.45, 2.75) is 13.5 Å². The second kappa shape index (κ2) is 6.25. The first-order chi connectivity index (χ1) is 13.3. The average Bonchev–Trinajstić information content (AvgIpc) is 3.37. The smallest absolute Gasteiger partial charge is 0.211 e. The van der Waals surface area contributed by atoms with Crippen molar-refractivity contribution in [3.05, 3.63) is 72.1 Å². The van der Waals surface area contributed by atoms with E-state index in [2.05, 4.69) is 63.9 Å². The summed E-state index contributed by atoms with van der Waals surface area (Å²) in [5.41, 5.74) is 3.03. The standard InChI is InChI=1S/C21H16N4O2/c1-13-17-8-6-16(20-11-15-4-2-3-5-19(15)27-20)10-14(17)7-9-18(13)26-12-21-22-24-25-23-21/h2-11H,12H2,1H3,(H,22,23,24,25). The SMILES string of the molecule is Cc1c(OCc2nn[nH]n2)ccc2cc(-c3cc4ccccc4o3)ccc12. The van der Waals surface area contributed by atoms with Gasteiger partial charge >= 0.3 is 0 Å². The molecule has 0 saturated carbocycles. The Morgan fingerprint density at radius 2 is 1.93 bits per heavy atom. The van der Waals surface area contributed by atoms with Crippen LogP contribution in [0.25, 0.3) is 33.1 Å². The largest absolute Gasteiger partial charge is 0.485 e. The van der Waals surface area contributed by atoms with E-state index >= 15 is 0 Å². The Hall–Kier alpha value is -3.67. The van der Waals surface area contributed by atoms with E-state index in [1.165, 1.54) is 0 Å². The minimum Gasteiger partial charge on any atom is -0.485 e. The van der Waals surface area contributed by atoms with Crippen molar-refractivity contribution in [1.29, 1.82) is 0 Å². The summed E-state index contributed by atoms with van der Waals surface area (Å²) in [6.45, 7) is 2.33. The van der Waals surface area contributed by atoms with Gasteiger partial charge in [0.1, 0.15) is 17.1 Å². The molecule has 1 N–H and O–H groups in total. The van der Waals surface area contributed by atoms with E-state index in [-0.39, 0.29) is 6.61 Å². The number of aromatic amines is 1. The fourth-order valence-corrected chi connectivity index (χ4v) is 3.29. The molecular formula is C21H16N4O2. The minimum atomic E-state index is 0.278. The summed E-state index contributed by atoms with van der Waals surface area (Å²) >= 11 is 0. The van der Waals surface area contributed by atoms with Crippen LogP contribution in [0, 0.1) is 6.92 Å². The molecule has 0 spiro atoms. The molecule has 0 fully saturated rings. The zero-order valence-electron chi connectivity index (χ0n) is 14.6. The van der Waals surface area contributed by atoms with E-state index < -0.39 is 0 Å². The van der Waals surface area contributed by atoms with Crippen LogP contribution < -0.4 is 4.74 Å². The van der Waals surface area contributed by atoms with Gasteiger partial charge in [-0.3, -0.25) is 0 Å². The number of hydrogen-bond donors (Lipinski definition) is 1. The second-order valence-corrected chi connectivity index (χ2v) is 6.39. The number of para-hydroxylation sites is 1. The van der Waals surface area contributed by atoms with Crippen molar-refractivity contribution >= 4 is 21.7 Å². The van der Waals surface area contributed by atoms with Crippen molar-refractivity contribution in [3.8, 4) is 17.1 Å². The van der Waals surface area contributed by atoms with Gasteiger partial charge in [-0.2, -0.15) is 5.21 Å². The number of tetrazole rings is 1. The zero-order chi connectivity index (χ0) is 18.2. The van der Waals surface area contributed by atoms with E-state index in [4.69, 9.17) is 9.15 Å². The zero-order valence-corrected chi connectivity index (χ0v) is 14.6. The van der Waals surface area contributed by atoms with Gasteiger partial charge in [-0.05, 0) is 47.5 Å². The fourth-order valence-electron chi connectivity index (χ4n) is 3.29. The molecule has 0 unspecified atom stereocenters. The lowest BCUT2D eigenvalue weighted by atomic mass is 10.0. The summed E-state index contributed by atoms with van der Waals surface area (Å²) in [7, 11) is 0. The number of hydrogen-bond acceptors (Lipinski definition) is 5. The number of furan rings is 1. The van der Waals surface area contributed by atoms with Crippen LogP contribution in [-0.4, -0.2) is 20.6 Å². The highest BCUT2D eigenvalue weighted by molar-refractivity contribution is 5.92. The van der Waals surface area contributed by atoms with Gasteiger partial charge in [0.25, 0.3) is 0 Å². The molecule has 0 bridgehead atoms. The maximum Gasteiger partial charge on any atom is 0.211 e. The Morgan fingerprint density at radius 3 is 2.78 bits per heavy atom. The Labute approximate surface area is 154 Å². The molecule has 0 aliphatic carbocycles. The molecule has 2 aromatic heterocycles. The van der Waals surface area contributed by atoms with Crippen molar-refractivity contribution in [1.82, 2.24) is 20.6 Å². The highest BCUT2D eigenvalue weighted by atomic mass is 16.5. The van der Waals surface area contributed by atoms with E-state index in [0.29, 0.717) is 5.82 Å². The van der Waals surface area contributed by atoms with Crippen molar-refractivity contribution in [3.63, 3.8) is 0 Å². The summed E-state index contributed by atoms with van der Waals surface area (Å²) in [4.78, 5) is 0. The molecule has 5 aromatic rings. The molecule has 2 heterocycles. The third-order valence-electron chi connectivity index (χ3n) is 4.70. The van der Waals surface area contributed by atoms with Crippen LogP contribution in [0.4, 0.5) is 0 Å². The number of benzene rings is 3. The topological polar surface area (TPSA) is 76.8 Å². The maximum absolute atomic E-state index is 5.99. The normalized spacial score (nSPS) is 11.3. The van der Waals surface area contributed by atoms with Crippen molar-refractivity contribution in [2.75, 3.05) is 0 Å². The number of aryl methyl sites for hydroxylation is 1. The van der Waals surface area contributed by atoms with Crippen LogP contribution in [0.3, 0.4) is 0 Å². The van der Waals surface area contributed by atoms with Gasteiger partial charge in [-0.25, -0.2) is 0 Å². The quantitative estimate of drug-likeness (QED) is 0.507. The van der Waals surface area contributed by atoms with Crippen LogP contribution in [-0.2, 0) is 6.61 Å². The van der Waals surface area contributed by atoms with E-state index in [1.54, 1.807) is 0 Å². The number of H-pyrrole nitrogens is 1. The number of nitrogens with one attached hydrogen (secondary N) is 1. The summed E-state index contributed by atoms with van der Waals surface area (Å²) in [6.07, 6.45) is 0. The first-order valence-corrected chi connectivity index (χ1v) is 8.65. The Kier molecular flexibility index (Phi) is 3.60. The lowest BCUT2D eigenvalue weighted by Crippen LogP contribution is -1.99. The summed E-state index contributed by atoms with van der Waals surface area (Å²) < 4.78 is 11.8. The van der Waals surface area contributed by atoms with Gasteiger partial charge in [0.05, 0.1) is 0 Å². The first kappa shape index (κ1) is 15.6. The van der Waals surface area contributed by atoms with E-state index in [1.807, 2.05) is 24.3 Å². The molecule has 0 atom stereocenters. The van der Waals surface area contributed by atoms with Crippen LogP contribution in [0.1, 0.15) is 11.4 Å². The predicted molar refractivity (Wildman–Crippen MR) is 102 cm³/mol. The Morgan fingerprint density at radius 1 is 1.00 bits per heavy atom. The van der Waals surface area contributed by atoms with Gasteiger partial charge in [0, 0.05) is 10.9 Å². The predicted octanol–water partition coefficient (Wildman–Crippen LogP) is 4.65. The molecule has 0 aliphatic rings. The molecular weight excluding hydrogens is 340 g/mol. The monoisotopic (exact) mass is 356 g/mol. The second-order valence-electron chi connectivity index (χ2n) is 6.39. The molecule has 0 saturated heterocycles. The molecule has 6 heteroatoms. The number of nitrogens with zero attached hydrogens (tertiary/aromatic N) is 3. The van der Waals surface area contributed by atoms with Crippen LogP contribution in [0.5, 0.6) is 5.75 Å². The van der Waals surface area contributed by atoms with Gasteiger partial charge in [0.2, 0.25) is 5.82 Å². The Bertz CT molecular complexity index is 1210. The molecule has 132 valence electrons. The molecule has 0 amide bonds. The molecule has 5 rings (SSSR count). The number of ether oxygens (including phenoxy) is 1. The molecule has 0 radical (unpaired) electrons. The van der Waals surface area contributed by atoms with Crippen LogP contribution >= 0.6 is 0 Å². The molecule has 0 aliphatic heterocycles. The van der Waals surface area contributed by atoms with Gasteiger partial charge < -0.3 is 9.15 Å². The van der Waals surface area contributed by atoms with E-state index in [9.17, 15) is 0 Å². The third kappa shape index (κ3) is 2.81. The minimum absolute atomic E-state index is 0.278. The van der Waals surface area contributed by atoms with Crippen LogP contribution in [0.15, 0.2) is 65.1 Å². The summed E-state index contributed by atoms with van der Waals surface area (Å²) in [5, 5.41) is 17.1. The molecule has 6 nitrogen and oxygen atoms in total. The van der Waals surface area contributed by atoms with Gasteiger partial charge in [-0.1, -0.05) is 41.6 Å². The fraction of sp³-hybridized carbons (Fsp3) is 0.0952. The highest BCUT2D eigenvalue weighted by Gasteiger charge is 2.10. The van der Waals surface area contributed by atoms with Gasteiger partial charge in [-0.15, -0.1) is 10.2 Å².